The van der Waals surface area contributed by atoms with Crippen molar-refractivity contribution in [3.63, 3.8) is 0 Å². The van der Waals surface area contributed by atoms with Crippen molar-refractivity contribution in [1.29, 1.82) is 0 Å². The van der Waals surface area contributed by atoms with Crippen LogP contribution in [0.3, 0.4) is 0 Å². The van der Waals surface area contributed by atoms with Gasteiger partial charge in [0, 0.05) is 49.9 Å². The summed E-state index contributed by atoms with van der Waals surface area (Å²) < 4.78 is 0. The number of benzene rings is 1. The van der Waals surface area contributed by atoms with Crippen molar-refractivity contribution < 1.29 is 9.59 Å². The first-order valence-electron chi connectivity index (χ1n) is 8.10. The van der Waals surface area contributed by atoms with E-state index in [9.17, 15) is 9.59 Å². The second-order valence-corrected chi connectivity index (χ2v) is 6.08. The molecule has 1 heterocycles. The van der Waals surface area contributed by atoms with Crippen LogP contribution in [0.4, 0.5) is 0 Å². The maximum atomic E-state index is 12.5. The number of carbonyl (C=O) groups is 2. The first kappa shape index (κ1) is 17.8. The number of hydrogen-bond donors (Lipinski definition) is 0. The van der Waals surface area contributed by atoms with Crippen molar-refractivity contribution in [3.05, 3.63) is 34.9 Å². The Kier molecular flexibility index (Phi) is 6.42. The minimum absolute atomic E-state index is 0.00206. The highest BCUT2D eigenvalue weighted by Crippen LogP contribution is 2.14. The summed E-state index contributed by atoms with van der Waals surface area (Å²) in [5, 5.41) is 0.569. The quantitative estimate of drug-likeness (QED) is 0.825. The highest BCUT2D eigenvalue weighted by Gasteiger charge is 2.24. The maximum Gasteiger partial charge on any atom is 0.253 e. The van der Waals surface area contributed by atoms with E-state index in [0.29, 0.717) is 30.2 Å². The normalized spacial score (nSPS) is 15.5. The molecule has 1 aliphatic rings. The zero-order valence-corrected chi connectivity index (χ0v) is 14.6. The van der Waals surface area contributed by atoms with Crippen LogP contribution in [0.25, 0.3) is 0 Å². The molecule has 1 aromatic rings. The molecule has 0 radical (unpaired) electrons. The summed E-state index contributed by atoms with van der Waals surface area (Å²) in [6.07, 6.45) is 0. The van der Waals surface area contributed by atoms with Gasteiger partial charge < -0.3 is 9.80 Å². The minimum Gasteiger partial charge on any atom is -0.342 e. The molecule has 2 amide bonds. The summed E-state index contributed by atoms with van der Waals surface area (Å²) in [7, 11) is 0. The predicted octanol–water partition coefficient (Wildman–Crippen LogP) is 1.97. The van der Waals surface area contributed by atoms with Crippen LogP contribution in [0.15, 0.2) is 24.3 Å². The minimum atomic E-state index is 0.00206. The van der Waals surface area contributed by atoms with E-state index >= 15 is 0 Å². The van der Waals surface area contributed by atoms with Crippen LogP contribution in [0.2, 0.25) is 5.02 Å². The second kappa shape index (κ2) is 8.31. The lowest BCUT2D eigenvalue weighted by atomic mass is 10.2. The van der Waals surface area contributed by atoms with Crippen LogP contribution in [-0.4, -0.2) is 72.3 Å². The van der Waals surface area contributed by atoms with Gasteiger partial charge >= 0.3 is 0 Å². The molecule has 0 unspecified atom stereocenters. The smallest absolute Gasteiger partial charge is 0.253 e. The van der Waals surface area contributed by atoms with Crippen LogP contribution in [-0.2, 0) is 4.79 Å². The molecule has 0 atom stereocenters. The SMILES string of the molecule is CCN(CC)C(=O)CN1CCN(C(=O)c2cccc(Cl)c2)CC1. The summed E-state index contributed by atoms with van der Waals surface area (Å²) in [5.74, 6) is 0.159. The van der Waals surface area contributed by atoms with Gasteiger partial charge in [0.05, 0.1) is 6.54 Å². The van der Waals surface area contributed by atoms with E-state index in [4.69, 9.17) is 11.6 Å². The molecule has 1 fully saturated rings. The third-order valence-corrected chi connectivity index (χ3v) is 4.44. The molecular weight excluding hydrogens is 314 g/mol. The number of piperazine rings is 1. The van der Waals surface area contributed by atoms with Gasteiger partial charge in [-0.05, 0) is 32.0 Å². The molecule has 0 spiro atoms. The van der Waals surface area contributed by atoms with Gasteiger partial charge in [0.2, 0.25) is 5.91 Å². The lowest BCUT2D eigenvalue weighted by molar-refractivity contribution is -0.132. The molecule has 6 heteroatoms. The number of hydrogen-bond acceptors (Lipinski definition) is 3. The van der Waals surface area contributed by atoms with Gasteiger partial charge in [-0.2, -0.15) is 0 Å². The fourth-order valence-electron chi connectivity index (χ4n) is 2.78. The van der Waals surface area contributed by atoms with Gasteiger partial charge in [-0.1, -0.05) is 17.7 Å². The van der Waals surface area contributed by atoms with Gasteiger partial charge in [-0.15, -0.1) is 0 Å². The van der Waals surface area contributed by atoms with Crippen molar-refractivity contribution in [1.82, 2.24) is 14.7 Å². The molecule has 0 bridgehead atoms. The van der Waals surface area contributed by atoms with Crippen LogP contribution in [0.5, 0.6) is 0 Å². The largest absolute Gasteiger partial charge is 0.342 e. The van der Waals surface area contributed by atoms with E-state index in [1.807, 2.05) is 23.6 Å². The molecule has 1 aliphatic heterocycles. The van der Waals surface area contributed by atoms with Gasteiger partial charge in [-0.25, -0.2) is 0 Å². The molecule has 0 N–H and O–H groups in total. The second-order valence-electron chi connectivity index (χ2n) is 5.64. The summed E-state index contributed by atoms with van der Waals surface area (Å²) in [6, 6.07) is 7.02. The monoisotopic (exact) mass is 337 g/mol. The Hall–Kier alpha value is -1.59. The third kappa shape index (κ3) is 4.69. The van der Waals surface area contributed by atoms with Crippen molar-refractivity contribution in [2.24, 2.45) is 0 Å². The number of amides is 2. The zero-order valence-electron chi connectivity index (χ0n) is 13.8. The van der Waals surface area contributed by atoms with Gasteiger partial charge in [-0.3, -0.25) is 14.5 Å². The van der Waals surface area contributed by atoms with Crippen LogP contribution >= 0.6 is 11.6 Å². The van der Waals surface area contributed by atoms with Gasteiger partial charge in [0.25, 0.3) is 5.91 Å². The highest BCUT2D eigenvalue weighted by molar-refractivity contribution is 6.30. The van der Waals surface area contributed by atoms with Crippen molar-refractivity contribution in [2.75, 3.05) is 45.8 Å². The average Bonchev–Trinajstić information content (AvgIpc) is 2.56. The maximum absolute atomic E-state index is 12.5. The van der Waals surface area contributed by atoms with Crippen LogP contribution in [0.1, 0.15) is 24.2 Å². The molecule has 2 rings (SSSR count). The summed E-state index contributed by atoms with van der Waals surface area (Å²) >= 11 is 5.94. The van der Waals surface area contributed by atoms with E-state index in [0.717, 1.165) is 26.2 Å². The number of nitrogens with zero attached hydrogens (tertiary/aromatic N) is 3. The molecule has 0 aliphatic carbocycles. The molecule has 23 heavy (non-hydrogen) atoms. The molecule has 0 saturated carbocycles. The van der Waals surface area contributed by atoms with Crippen LogP contribution in [0, 0.1) is 0 Å². The number of carbonyl (C=O) groups excluding carboxylic acids is 2. The highest BCUT2D eigenvalue weighted by atomic mass is 35.5. The van der Waals surface area contributed by atoms with E-state index in [1.54, 1.807) is 24.3 Å². The Labute approximate surface area is 142 Å². The van der Waals surface area contributed by atoms with Crippen molar-refractivity contribution >= 4 is 23.4 Å². The van der Waals surface area contributed by atoms with E-state index in [1.165, 1.54) is 0 Å². The Morgan fingerprint density at radius 3 is 2.35 bits per heavy atom. The Morgan fingerprint density at radius 2 is 1.78 bits per heavy atom. The van der Waals surface area contributed by atoms with Crippen molar-refractivity contribution in [2.45, 2.75) is 13.8 Å². The van der Waals surface area contributed by atoms with E-state index < -0.39 is 0 Å². The first-order valence-corrected chi connectivity index (χ1v) is 8.48. The summed E-state index contributed by atoms with van der Waals surface area (Å²) in [6.45, 7) is 8.60. The van der Waals surface area contributed by atoms with Crippen LogP contribution < -0.4 is 0 Å². The molecular formula is C17H24ClN3O2. The molecule has 0 aromatic heterocycles. The summed E-state index contributed by atoms with van der Waals surface area (Å²) in [5.41, 5.74) is 0.616. The third-order valence-electron chi connectivity index (χ3n) is 4.21. The van der Waals surface area contributed by atoms with E-state index in [-0.39, 0.29) is 11.8 Å². The van der Waals surface area contributed by atoms with Gasteiger partial charge in [0.15, 0.2) is 0 Å². The average molecular weight is 338 g/mol. The molecule has 1 saturated heterocycles. The molecule has 1 aromatic carbocycles. The number of rotatable bonds is 5. The Morgan fingerprint density at radius 1 is 1.13 bits per heavy atom. The molecule has 126 valence electrons. The predicted molar refractivity (Wildman–Crippen MR) is 91.7 cm³/mol. The number of likely N-dealkylation sites (N-methyl/N-ethyl adjacent to an activating group) is 1. The first-order chi connectivity index (χ1) is 11.0. The fraction of sp³-hybridized carbons (Fsp3) is 0.529. The van der Waals surface area contributed by atoms with E-state index in [2.05, 4.69) is 4.90 Å². The Balaban J connectivity index is 1.86. The lowest BCUT2D eigenvalue weighted by Gasteiger charge is -2.35. The van der Waals surface area contributed by atoms with Crippen molar-refractivity contribution in [3.8, 4) is 0 Å². The standard InChI is InChI=1S/C17H24ClN3O2/c1-3-20(4-2)16(22)13-19-8-10-21(11-9-19)17(23)14-6-5-7-15(18)12-14/h5-7,12H,3-4,8-11,13H2,1-2H3. The fourth-order valence-corrected chi connectivity index (χ4v) is 2.97. The summed E-state index contributed by atoms with van der Waals surface area (Å²) in [4.78, 5) is 30.4. The Bertz CT molecular complexity index is 553. The lowest BCUT2D eigenvalue weighted by Crippen LogP contribution is -2.51. The zero-order chi connectivity index (χ0) is 16.8. The number of halogens is 1. The molecule has 5 nitrogen and oxygen atoms in total. The topological polar surface area (TPSA) is 43.9 Å². The van der Waals surface area contributed by atoms with Gasteiger partial charge in [0.1, 0.15) is 0 Å².